The maximum atomic E-state index is 12.9. The monoisotopic (exact) mass is 604 g/mol. The van der Waals surface area contributed by atoms with Gasteiger partial charge in [-0.2, -0.15) is 0 Å². The Bertz CT molecular complexity index is 1800. The van der Waals surface area contributed by atoms with Gasteiger partial charge < -0.3 is 15.5 Å². The minimum absolute atomic E-state index is 0.0719. The summed E-state index contributed by atoms with van der Waals surface area (Å²) in [6.45, 7) is 1.39. The first-order valence-electron chi connectivity index (χ1n) is 13.3. The number of carbonyl (C=O) groups excluding carboxylic acids is 1. The van der Waals surface area contributed by atoms with E-state index in [1.807, 2.05) is 83.9 Å². The molecule has 9 nitrogen and oxygen atoms in total. The average molecular weight is 606 g/mol. The van der Waals surface area contributed by atoms with Crippen LogP contribution in [0.2, 0.25) is 0 Å². The predicted octanol–water partition coefficient (Wildman–Crippen LogP) is 5.51. The standard InChI is InChI=1S/C31H25BrN8O/c32-22-6-4-5-20(15-22)24-16-25(38-29-27(24)28(33)35-18-36-29)21-9-10-26(34-17-21)39-13-11-31(12-14-39)30(41)37-19-40(31)23-7-2-1-3-8-23/h1-10,15-19H,11-14H2,(H2,33,35,36,38). The number of anilines is 3. The Balaban J connectivity index is 1.16. The van der Waals surface area contributed by atoms with Crippen molar-refractivity contribution in [3.63, 3.8) is 0 Å². The molecule has 10 heteroatoms. The topological polar surface area (TPSA) is 113 Å². The SMILES string of the molecule is Nc1ncnc2nc(-c3ccc(N4CCC5(CC4)C(=O)N=CN5c4ccccc4)nc3)cc(-c3cccc(Br)c3)c12. The van der Waals surface area contributed by atoms with Crippen molar-refractivity contribution in [3.8, 4) is 22.4 Å². The summed E-state index contributed by atoms with van der Waals surface area (Å²) in [5, 5.41) is 0.719. The Labute approximate surface area is 244 Å². The minimum atomic E-state index is -0.640. The third-order valence-corrected chi connectivity index (χ3v) is 8.40. The van der Waals surface area contributed by atoms with E-state index in [1.54, 1.807) is 6.34 Å². The third kappa shape index (κ3) is 4.40. The number of hydrogen-bond donors (Lipinski definition) is 1. The van der Waals surface area contributed by atoms with E-state index in [2.05, 4.69) is 35.8 Å². The number of aromatic nitrogens is 4. The summed E-state index contributed by atoms with van der Waals surface area (Å²) in [6.07, 6.45) is 6.27. The van der Waals surface area contributed by atoms with Crippen LogP contribution < -0.4 is 15.5 Å². The number of para-hydroxylation sites is 1. The molecule has 1 fully saturated rings. The van der Waals surface area contributed by atoms with Crippen LogP contribution in [0.25, 0.3) is 33.4 Å². The van der Waals surface area contributed by atoms with Crippen LogP contribution in [0.1, 0.15) is 12.8 Å². The summed E-state index contributed by atoms with van der Waals surface area (Å²) in [5.41, 5.74) is 10.6. The molecule has 41 heavy (non-hydrogen) atoms. The van der Waals surface area contributed by atoms with Gasteiger partial charge in [-0.25, -0.2) is 24.9 Å². The van der Waals surface area contributed by atoms with Crippen LogP contribution in [0.4, 0.5) is 17.3 Å². The number of nitrogens with two attached hydrogens (primary N) is 1. The number of rotatable bonds is 4. The molecule has 2 N–H and O–H groups in total. The van der Waals surface area contributed by atoms with Gasteiger partial charge in [0, 0.05) is 35.0 Å². The van der Waals surface area contributed by atoms with Crippen LogP contribution in [-0.4, -0.2) is 50.8 Å². The van der Waals surface area contributed by atoms with E-state index in [1.165, 1.54) is 6.33 Å². The van der Waals surface area contributed by atoms with Gasteiger partial charge in [-0.15, -0.1) is 0 Å². The molecule has 0 atom stereocenters. The maximum absolute atomic E-state index is 12.9. The van der Waals surface area contributed by atoms with Crippen LogP contribution in [0.3, 0.4) is 0 Å². The second-order valence-electron chi connectivity index (χ2n) is 10.2. The zero-order chi connectivity index (χ0) is 28.0. The largest absolute Gasteiger partial charge is 0.383 e. The van der Waals surface area contributed by atoms with Gasteiger partial charge in [-0.05, 0) is 66.4 Å². The van der Waals surface area contributed by atoms with Gasteiger partial charge in [0.25, 0.3) is 5.91 Å². The van der Waals surface area contributed by atoms with Gasteiger partial charge >= 0.3 is 0 Å². The van der Waals surface area contributed by atoms with E-state index in [0.717, 1.165) is 43.7 Å². The first kappa shape index (κ1) is 25.3. The number of hydrogen-bond acceptors (Lipinski definition) is 8. The number of amides is 1. The summed E-state index contributed by atoms with van der Waals surface area (Å²) >= 11 is 3.57. The minimum Gasteiger partial charge on any atom is -0.383 e. The van der Waals surface area contributed by atoms with E-state index >= 15 is 0 Å². The van der Waals surface area contributed by atoms with E-state index in [9.17, 15) is 4.79 Å². The average Bonchev–Trinajstić information content (AvgIpc) is 3.32. The van der Waals surface area contributed by atoms with Crippen LogP contribution in [0.5, 0.6) is 0 Å². The fourth-order valence-electron chi connectivity index (χ4n) is 5.75. The van der Waals surface area contributed by atoms with Gasteiger partial charge in [-0.1, -0.05) is 46.3 Å². The van der Waals surface area contributed by atoms with Crippen molar-refractivity contribution in [2.75, 3.05) is 28.6 Å². The highest BCUT2D eigenvalue weighted by Gasteiger charge is 2.49. The number of carbonyl (C=O) groups is 1. The first-order valence-corrected chi connectivity index (χ1v) is 14.1. The quantitative estimate of drug-likeness (QED) is 0.285. The molecule has 1 spiro atoms. The predicted molar refractivity (Wildman–Crippen MR) is 165 cm³/mol. The Kier molecular flexibility index (Phi) is 6.19. The van der Waals surface area contributed by atoms with E-state index in [4.69, 9.17) is 15.7 Å². The van der Waals surface area contributed by atoms with E-state index in [-0.39, 0.29) is 5.91 Å². The van der Waals surface area contributed by atoms with Crippen molar-refractivity contribution in [1.29, 1.82) is 0 Å². The lowest BCUT2D eigenvalue weighted by Crippen LogP contribution is -2.56. The van der Waals surface area contributed by atoms with Crippen LogP contribution in [-0.2, 0) is 4.79 Å². The molecule has 5 heterocycles. The number of halogens is 1. The van der Waals surface area contributed by atoms with E-state index < -0.39 is 5.54 Å². The fraction of sp³-hybridized carbons (Fsp3) is 0.161. The number of aliphatic imine (C=N–C) groups is 1. The Morgan fingerprint density at radius 3 is 2.46 bits per heavy atom. The molecule has 0 radical (unpaired) electrons. The van der Waals surface area contributed by atoms with Crippen molar-refractivity contribution in [2.45, 2.75) is 18.4 Å². The third-order valence-electron chi connectivity index (χ3n) is 7.91. The Hall–Kier alpha value is -4.70. The molecule has 2 aromatic carbocycles. The first-order chi connectivity index (χ1) is 20.0. The summed E-state index contributed by atoms with van der Waals surface area (Å²) in [6, 6.07) is 24.0. The highest BCUT2D eigenvalue weighted by Crippen LogP contribution is 2.38. The van der Waals surface area contributed by atoms with Crippen molar-refractivity contribution in [3.05, 3.63) is 89.8 Å². The maximum Gasteiger partial charge on any atom is 0.273 e. The summed E-state index contributed by atoms with van der Waals surface area (Å²) in [4.78, 5) is 39.6. The summed E-state index contributed by atoms with van der Waals surface area (Å²) in [5.74, 6) is 1.18. The molecule has 1 amide bonds. The smallest absolute Gasteiger partial charge is 0.273 e. The molecule has 0 unspecified atom stereocenters. The molecule has 1 saturated heterocycles. The highest BCUT2D eigenvalue weighted by molar-refractivity contribution is 9.10. The van der Waals surface area contributed by atoms with Crippen LogP contribution in [0.15, 0.2) is 94.8 Å². The normalized spacial score (nSPS) is 16.2. The van der Waals surface area contributed by atoms with Crippen molar-refractivity contribution < 1.29 is 4.79 Å². The van der Waals surface area contributed by atoms with Gasteiger partial charge in [0.2, 0.25) is 0 Å². The molecular weight excluding hydrogens is 580 g/mol. The summed E-state index contributed by atoms with van der Waals surface area (Å²) in [7, 11) is 0. The van der Waals surface area contributed by atoms with Gasteiger partial charge in [0.05, 0.1) is 17.4 Å². The van der Waals surface area contributed by atoms with Crippen molar-refractivity contribution >= 4 is 56.5 Å². The number of benzene rings is 2. The molecule has 0 saturated carbocycles. The molecular formula is C31H25BrN8O. The lowest BCUT2D eigenvalue weighted by Gasteiger charge is -2.43. The number of pyridine rings is 2. The van der Waals surface area contributed by atoms with E-state index in [0.29, 0.717) is 37.4 Å². The fourth-order valence-corrected chi connectivity index (χ4v) is 6.15. The Morgan fingerprint density at radius 2 is 1.71 bits per heavy atom. The van der Waals surface area contributed by atoms with Crippen molar-refractivity contribution in [1.82, 2.24) is 19.9 Å². The molecule has 2 aliphatic rings. The lowest BCUT2D eigenvalue weighted by molar-refractivity contribution is -0.122. The van der Waals surface area contributed by atoms with Crippen molar-refractivity contribution in [2.24, 2.45) is 4.99 Å². The highest BCUT2D eigenvalue weighted by atomic mass is 79.9. The number of piperidine rings is 1. The molecule has 3 aromatic heterocycles. The van der Waals surface area contributed by atoms with Gasteiger partial charge in [0.15, 0.2) is 5.65 Å². The molecule has 2 aliphatic heterocycles. The molecule has 0 bridgehead atoms. The second-order valence-corrected chi connectivity index (χ2v) is 11.1. The molecule has 5 aromatic rings. The van der Waals surface area contributed by atoms with Gasteiger partial charge in [-0.3, -0.25) is 4.79 Å². The van der Waals surface area contributed by atoms with Gasteiger partial charge in [0.1, 0.15) is 23.5 Å². The summed E-state index contributed by atoms with van der Waals surface area (Å²) < 4.78 is 0.962. The lowest BCUT2D eigenvalue weighted by atomic mass is 9.85. The number of nitrogens with zero attached hydrogens (tertiary/aromatic N) is 7. The molecule has 202 valence electrons. The zero-order valence-electron chi connectivity index (χ0n) is 22.0. The Morgan fingerprint density at radius 1 is 0.878 bits per heavy atom. The number of nitrogen functional groups attached to an aromatic ring is 1. The second kappa shape index (κ2) is 10.0. The molecule has 7 rings (SSSR count). The zero-order valence-corrected chi connectivity index (χ0v) is 23.6. The van der Waals surface area contributed by atoms with Crippen LogP contribution in [0, 0.1) is 0 Å². The number of fused-ring (bicyclic) bond motifs is 1. The van der Waals surface area contributed by atoms with Crippen LogP contribution >= 0.6 is 15.9 Å². The molecule has 0 aliphatic carbocycles.